The van der Waals surface area contributed by atoms with E-state index in [0.717, 1.165) is 12.3 Å². The number of thioether (sulfide) groups is 1. The van der Waals surface area contributed by atoms with E-state index in [9.17, 15) is 0 Å². The Morgan fingerprint density at radius 1 is 0.850 bits per heavy atom. The van der Waals surface area contributed by atoms with Crippen molar-refractivity contribution in [3.05, 3.63) is 24.3 Å². The standard InChI is InChI=1S/C18H31NS/c1-3-5-6-7-8-9-10-13-16-19-17-14-11-12-15-18(17)20-4-2/h11-12,14-15,19H,3-10,13,16H2,1-2H3. The molecule has 20 heavy (non-hydrogen) atoms. The van der Waals surface area contributed by atoms with E-state index in [1.807, 2.05) is 11.8 Å². The van der Waals surface area contributed by atoms with Crippen LogP contribution in [0, 0.1) is 0 Å². The highest BCUT2D eigenvalue weighted by Crippen LogP contribution is 2.26. The minimum atomic E-state index is 1.11. The SMILES string of the molecule is CCCCCCCCCCNc1ccccc1SCC. The highest BCUT2D eigenvalue weighted by Gasteiger charge is 2.00. The Kier molecular flexibility index (Phi) is 10.6. The lowest BCUT2D eigenvalue weighted by atomic mass is 10.1. The molecule has 0 amide bonds. The van der Waals surface area contributed by atoms with Gasteiger partial charge in [-0.3, -0.25) is 0 Å². The van der Waals surface area contributed by atoms with Crippen LogP contribution in [0.2, 0.25) is 0 Å². The number of unbranched alkanes of at least 4 members (excludes halogenated alkanes) is 7. The van der Waals surface area contributed by atoms with E-state index < -0.39 is 0 Å². The van der Waals surface area contributed by atoms with Gasteiger partial charge in [0.15, 0.2) is 0 Å². The third-order valence-corrected chi connectivity index (χ3v) is 4.49. The predicted octanol–water partition coefficient (Wildman–Crippen LogP) is 6.35. The first-order valence-corrected chi connectivity index (χ1v) is 9.32. The fourth-order valence-corrected chi connectivity index (χ4v) is 3.16. The lowest BCUT2D eigenvalue weighted by Crippen LogP contribution is -2.02. The van der Waals surface area contributed by atoms with Gasteiger partial charge in [-0.25, -0.2) is 0 Å². The fourth-order valence-electron chi connectivity index (χ4n) is 2.38. The Bertz CT molecular complexity index is 338. The van der Waals surface area contributed by atoms with Gasteiger partial charge in [0.1, 0.15) is 0 Å². The van der Waals surface area contributed by atoms with Crippen molar-refractivity contribution in [2.24, 2.45) is 0 Å². The van der Waals surface area contributed by atoms with Crippen molar-refractivity contribution in [1.82, 2.24) is 0 Å². The molecule has 1 N–H and O–H groups in total. The zero-order valence-corrected chi connectivity index (χ0v) is 14.1. The van der Waals surface area contributed by atoms with Gasteiger partial charge in [0.2, 0.25) is 0 Å². The first kappa shape index (κ1) is 17.4. The molecule has 0 spiro atoms. The van der Waals surface area contributed by atoms with Crippen LogP contribution >= 0.6 is 11.8 Å². The van der Waals surface area contributed by atoms with Gasteiger partial charge < -0.3 is 5.32 Å². The van der Waals surface area contributed by atoms with Gasteiger partial charge >= 0.3 is 0 Å². The Morgan fingerprint density at radius 3 is 2.20 bits per heavy atom. The molecule has 0 aliphatic rings. The van der Waals surface area contributed by atoms with E-state index in [1.54, 1.807) is 0 Å². The van der Waals surface area contributed by atoms with E-state index in [0.29, 0.717) is 0 Å². The molecule has 0 radical (unpaired) electrons. The second-order valence-electron chi connectivity index (χ2n) is 5.33. The minimum Gasteiger partial charge on any atom is -0.384 e. The Morgan fingerprint density at radius 2 is 1.50 bits per heavy atom. The molecular weight excluding hydrogens is 262 g/mol. The van der Waals surface area contributed by atoms with Crippen LogP contribution in [0.1, 0.15) is 65.2 Å². The largest absolute Gasteiger partial charge is 0.384 e. The average Bonchev–Trinajstić information content (AvgIpc) is 2.47. The summed E-state index contributed by atoms with van der Waals surface area (Å²) in [4.78, 5) is 1.38. The van der Waals surface area contributed by atoms with Gasteiger partial charge in [-0.05, 0) is 24.3 Å². The summed E-state index contributed by atoms with van der Waals surface area (Å²) < 4.78 is 0. The number of benzene rings is 1. The van der Waals surface area contributed by atoms with Crippen molar-refractivity contribution in [3.63, 3.8) is 0 Å². The number of hydrogen-bond donors (Lipinski definition) is 1. The van der Waals surface area contributed by atoms with E-state index >= 15 is 0 Å². The third kappa shape index (κ3) is 7.84. The molecule has 0 saturated heterocycles. The average molecular weight is 294 g/mol. The molecule has 2 heteroatoms. The number of nitrogens with one attached hydrogen (secondary N) is 1. The summed E-state index contributed by atoms with van der Waals surface area (Å²) in [6.07, 6.45) is 11.1. The molecule has 1 rings (SSSR count). The van der Waals surface area contributed by atoms with Crippen molar-refractivity contribution < 1.29 is 0 Å². The van der Waals surface area contributed by atoms with Crippen LogP contribution in [-0.4, -0.2) is 12.3 Å². The van der Waals surface area contributed by atoms with Gasteiger partial charge in [0, 0.05) is 17.1 Å². The van der Waals surface area contributed by atoms with Crippen molar-refractivity contribution in [2.45, 2.75) is 70.1 Å². The zero-order chi connectivity index (χ0) is 14.5. The van der Waals surface area contributed by atoms with Gasteiger partial charge in [-0.1, -0.05) is 70.9 Å². The summed E-state index contributed by atoms with van der Waals surface area (Å²) in [6.45, 7) is 5.59. The van der Waals surface area contributed by atoms with Crippen molar-refractivity contribution >= 4 is 17.4 Å². The smallest absolute Gasteiger partial charge is 0.0478 e. The molecule has 1 aromatic carbocycles. The first-order valence-electron chi connectivity index (χ1n) is 8.34. The van der Waals surface area contributed by atoms with Crippen LogP contribution < -0.4 is 5.32 Å². The van der Waals surface area contributed by atoms with Crippen molar-refractivity contribution in [1.29, 1.82) is 0 Å². The molecule has 0 atom stereocenters. The zero-order valence-electron chi connectivity index (χ0n) is 13.3. The minimum absolute atomic E-state index is 1.11. The second kappa shape index (κ2) is 12.1. The molecule has 1 nitrogen and oxygen atoms in total. The summed E-state index contributed by atoms with van der Waals surface area (Å²) in [5.41, 5.74) is 1.31. The normalized spacial score (nSPS) is 10.7. The molecule has 0 aromatic heterocycles. The van der Waals surface area contributed by atoms with Crippen LogP contribution in [0.4, 0.5) is 5.69 Å². The van der Waals surface area contributed by atoms with Crippen molar-refractivity contribution in [2.75, 3.05) is 17.6 Å². The summed E-state index contributed by atoms with van der Waals surface area (Å²) in [5.74, 6) is 1.14. The molecule has 0 fully saturated rings. The summed E-state index contributed by atoms with van der Waals surface area (Å²) >= 11 is 1.92. The van der Waals surface area contributed by atoms with Crippen LogP contribution in [0.25, 0.3) is 0 Å². The van der Waals surface area contributed by atoms with Crippen LogP contribution in [0.15, 0.2) is 29.2 Å². The lowest BCUT2D eigenvalue weighted by Gasteiger charge is -2.10. The van der Waals surface area contributed by atoms with Crippen LogP contribution in [0.5, 0.6) is 0 Å². The second-order valence-corrected chi connectivity index (χ2v) is 6.64. The first-order chi connectivity index (χ1) is 9.88. The van der Waals surface area contributed by atoms with E-state index in [1.165, 1.54) is 61.9 Å². The summed E-state index contributed by atoms with van der Waals surface area (Å²) in [7, 11) is 0. The Balaban J connectivity index is 2.06. The Labute approximate surface area is 129 Å². The maximum absolute atomic E-state index is 3.59. The topological polar surface area (TPSA) is 12.0 Å². The van der Waals surface area contributed by atoms with Gasteiger partial charge in [0.25, 0.3) is 0 Å². The number of rotatable bonds is 12. The predicted molar refractivity (Wildman–Crippen MR) is 93.9 cm³/mol. The highest BCUT2D eigenvalue weighted by molar-refractivity contribution is 7.99. The molecule has 0 bridgehead atoms. The van der Waals surface area contributed by atoms with Gasteiger partial charge in [0.05, 0.1) is 0 Å². The Hall–Kier alpha value is -0.630. The molecule has 114 valence electrons. The summed E-state index contributed by atoms with van der Waals surface area (Å²) in [5, 5.41) is 3.59. The van der Waals surface area contributed by atoms with Crippen LogP contribution in [-0.2, 0) is 0 Å². The number of anilines is 1. The molecule has 0 saturated carbocycles. The number of para-hydroxylation sites is 1. The van der Waals surface area contributed by atoms with E-state index in [4.69, 9.17) is 0 Å². The maximum atomic E-state index is 3.59. The molecule has 0 heterocycles. The van der Waals surface area contributed by atoms with E-state index in [-0.39, 0.29) is 0 Å². The van der Waals surface area contributed by atoms with Crippen molar-refractivity contribution in [3.8, 4) is 0 Å². The molecule has 0 aliphatic carbocycles. The quantitative estimate of drug-likeness (QED) is 0.356. The maximum Gasteiger partial charge on any atom is 0.0478 e. The molecule has 0 aliphatic heterocycles. The van der Waals surface area contributed by atoms with Crippen LogP contribution in [0.3, 0.4) is 0 Å². The highest BCUT2D eigenvalue weighted by atomic mass is 32.2. The molecule has 0 unspecified atom stereocenters. The summed E-state index contributed by atoms with van der Waals surface area (Å²) in [6, 6.07) is 8.65. The van der Waals surface area contributed by atoms with E-state index in [2.05, 4.69) is 43.4 Å². The molecule has 1 aromatic rings. The molecular formula is C18H31NS. The number of hydrogen-bond acceptors (Lipinski definition) is 2. The monoisotopic (exact) mass is 293 g/mol. The van der Waals surface area contributed by atoms with Gasteiger partial charge in [-0.15, -0.1) is 11.8 Å². The fraction of sp³-hybridized carbons (Fsp3) is 0.667. The van der Waals surface area contributed by atoms with Gasteiger partial charge in [-0.2, -0.15) is 0 Å². The lowest BCUT2D eigenvalue weighted by molar-refractivity contribution is 0.581. The third-order valence-electron chi connectivity index (χ3n) is 3.53.